The molecule has 5 nitrogen and oxygen atoms in total. The van der Waals surface area contributed by atoms with Crippen molar-refractivity contribution < 1.29 is 14.7 Å². The van der Waals surface area contributed by atoms with Crippen molar-refractivity contribution >= 4 is 23.5 Å². The lowest BCUT2D eigenvalue weighted by Crippen LogP contribution is -2.43. The number of carbonyl (C=O) groups is 2. The summed E-state index contributed by atoms with van der Waals surface area (Å²) in [6, 6.07) is 10.9. The summed E-state index contributed by atoms with van der Waals surface area (Å²) < 4.78 is 2.08. The number of carboxylic acids is 1. The molecule has 0 fully saturated rings. The van der Waals surface area contributed by atoms with E-state index in [-0.39, 0.29) is 11.9 Å². The van der Waals surface area contributed by atoms with Gasteiger partial charge in [0.15, 0.2) is 0 Å². The van der Waals surface area contributed by atoms with Crippen molar-refractivity contribution in [1.29, 1.82) is 0 Å². The van der Waals surface area contributed by atoms with Gasteiger partial charge in [0.05, 0.1) is 6.04 Å². The SMILES string of the molecule is O=C(O)CC(=O)N1CCn2cccc2C1c1cccc(Cl)c1. The first-order valence-corrected chi connectivity index (χ1v) is 7.36. The van der Waals surface area contributed by atoms with Crippen LogP contribution >= 0.6 is 11.6 Å². The minimum atomic E-state index is -1.11. The summed E-state index contributed by atoms with van der Waals surface area (Å²) in [7, 11) is 0. The molecule has 1 amide bonds. The Morgan fingerprint density at radius 2 is 2.05 bits per heavy atom. The summed E-state index contributed by atoms with van der Waals surface area (Å²) in [6.45, 7) is 1.13. The fourth-order valence-electron chi connectivity index (χ4n) is 2.91. The van der Waals surface area contributed by atoms with Crippen molar-refractivity contribution in [3.05, 3.63) is 58.9 Å². The Bertz CT molecular complexity index is 726. The monoisotopic (exact) mass is 318 g/mol. The molecular weight excluding hydrogens is 304 g/mol. The third-order valence-corrected chi connectivity index (χ3v) is 4.06. The van der Waals surface area contributed by atoms with E-state index in [1.54, 1.807) is 11.0 Å². The molecule has 1 unspecified atom stereocenters. The molecule has 1 aliphatic heterocycles. The highest BCUT2D eigenvalue weighted by molar-refractivity contribution is 6.30. The Balaban J connectivity index is 2.03. The van der Waals surface area contributed by atoms with Crippen molar-refractivity contribution in [1.82, 2.24) is 9.47 Å². The van der Waals surface area contributed by atoms with Crippen LogP contribution in [0.4, 0.5) is 0 Å². The molecule has 2 heterocycles. The van der Waals surface area contributed by atoms with E-state index in [1.807, 2.05) is 36.5 Å². The molecule has 0 spiro atoms. The normalized spacial score (nSPS) is 17.1. The topological polar surface area (TPSA) is 62.5 Å². The third-order valence-electron chi connectivity index (χ3n) is 3.83. The second-order valence-corrected chi connectivity index (χ2v) is 5.68. The van der Waals surface area contributed by atoms with Gasteiger partial charge in [0, 0.05) is 30.0 Å². The molecule has 1 aromatic carbocycles. The van der Waals surface area contributed by atoms with Crippen molar-refractivity contribution in [2.75, 3.05) is 6.54 Å². The van der Waals surface area contributed by atoms with E-state index < -0.39 is 12.4 Å². The Morgan fingerprint density at radius 3 is 2.77 bits per heavy atom. The van der Waals surface area contributed by atoms with E-state index in [2.05, 4.69) is 4.57 Å². The molecular formula is C16H15ClN2O3. The van der Waals surface area contributed by atoms with Gasteiger partial charge in [0.1, 0.15) is 6.42 Å². The number of carbonyl (C=O) groups excluding carboxylic acids is 1. The molecule has 1 aromatic heterocycles. The van der Waals surface area contributed by atoms with Crippen LogP contribution in [-0.4, -0.2) is 33.0 Å². The number of fused-ring (bicyclic) bond motifs is 1. The van der Waals surface area contributed by atoms with Crippen LogP contribution in [0.2, 0.25) is 5.02 Å². The number of aliphatic carboxylic acids is 1. The van der Waals surface area contributed by atoms with Crippen LogP contribution in [0.5, 0.6) is 0 Å². The highest BCUT2D eigenvalue weighted by Crippen LogP contribution is 2.33. The number of benzene rings is 1. The number of nitrogens with zero attached hydrogens (tertiary/aromatic N) is 2. The number of hydrogen-bond acceptors (Lipinski definition) is 2. The minimum Gasteiger partial charge on any atom is -0.481 e. The number of halogens is 1. The molecule has 2 aromatic rings. The zero-order chi connectivity index (χ0) is 15.7. The first-order chi connectivity index (χ1) is 10.6. The van der Waals surface area contributed by atoms with E-state index in [0.717, 1.165) is 11.3 Å². The molecule has 114 valence electrons. The lowest BCUT2D eigenvalue weighted by Gasteiger charge is -2.37. The summed E-state index contributed by atoms with van der Waals surface area (Å²) >= 11 is 6.07. The Morgan fingerprint density at radius 1 is 1.23 bits per heavy atom. The average Bonchev–Trinajstić information content (AvgIpc) is 2.93. The predicted octanol–water partition coefficient (Wildman–Crippen LogP) is 2.55. The maximum atomic E-state index is 12.3. The smallest absolute Gasteiger partial charge is 0.312 e. The van der Waals surface area contributed by atoms with Crippen LogP contribution in [0.15, 0.2) is 42.6 Å². The quantitative estimate of drug-likeness (QED) is 0.885. The van der Waals surface area contributed by atoms with Gasteiger partial charge in [-0.15, -0.1) is 0 Å². The Labute approximate surface area is 132 Å². The maximum absolute atomic E-state index is 12.3. The van der Waals surface area contributed by atoms with Gasteiger partial charge in [0.2, 0.25) is 5.91 Å². The number of amides is 1. The van der Waals surface area contributed by atoms with Crippen LogP contribution < -0.4 is 0 Å². The summed E-state index contributed by atoms with van der Waals surface area (Å²) in [5.74, 6) is -1.50. The molecule has 0 bridgehead atoms. The first kappa shape index (κ1) is 14.7. The van der Waals surface area contributed by atoms with E-state index in [9.17, 15) is 9.59 Å². The van der Waals surface area contributed by atoms with E-state index in [0.29, 0.717) is 18.1 Å². The summed E-state index contributed by atoms with van der Waals surface area (Å²) in [6.07, 6.45) is 1.46. The number of rotatable bonds is 3. The number of carboxylic acid groups (broad SMARTS) is 1. The van der Waals surface area contributed by atoms with Crippen LogP contribution in [0.25, 0.3) is 0 Å². The molecule has 0 radical (unpaired) electrons. The van der Waals surface area contributed by atoms with Gasteiger partial charge in [-0.3, -0.25) is 9.59 Å². The minimum absolute atomic E-state index is 0.311. The van der Waals surface area contributed by atoms with Crippen molar-refractivity contribution in [2.24, 2.45) is 0 Å². The molecule has 1 atom stereocenters. The molecule has 22 heavy (non-hydrogen) atoms. The standard InChI is InChI=1S/C16H15ClN2O3/c17-12-4-1-3-11(9-12)16-13-5-2-6-18(13)7-8-19(16)14(20)10-15(21)22/h1-6,9,16H,7-8,10H2,(H,21,22). The first-order valence-electron chi connectivity index (χ1n) is 6.98. The molecule has 1 aliphatic rings. The van der Waals surface area contributed by atoms with Crippen molar-refractivity contribution in [3.63, 3.8) is 0 Å². The summed E-state index contributed by atoms with van der Waals surface area (Å²) in [5, 5.41) is 9.49. The van der Waals surface area contributed by atoms with Gasteiger partial charge in [0.25, 0.3) is 0 Å². The van der Waals surface area contributed by atoms with Crippen LogP contribution in [-0.2, 0) is 16.1 Å². The molecule has 3 rings (SSSR count). The highest BCUT2D eigenvalue weighted by Gasteiger charge is 2.32. The van der Waals surface area contributed by atoms with Crippen molar-refractivity contribution in [3.8, 4) is 0 Å². The van der Waals surface area contributed by atoms with Gasteiger partial charge >= 0.3 is 5.97 Å². The van der Waals surface area contributed by atoms with Gasteiger partial charge in [-0.2, -0.15) is 0 Å². The summed E-state index contributed by atoms with van der Waals surface area (Å²) in [5.41, 5.74) is 1.85. The molecule has 1 N–H and O–H groups in total. The average molecular weight is 319 g/mol. The molecule has 0 saturated heterocycles. The lowest BCUT2D eigenvalue weighted by atomic mass is 9.99. The zero-order valence-corrected chi connectivity index (χ0v) is 12.5. The van der Waals surface area contributed by atoms with Gasteiger partial charge in [-0.25, -0.2) is 0 Å². The Kier molecular flexibility index (Phi) is 3.90. The van der Waals surface area contributed by atoms with Gasteiger partial charge in [-0.1, -0.05) is 23.7 Å². The Hall–Kier alpha value is -2.27. The third kappa shape index (κ3) is 2.72. The predicted molar refractivity (Wildman–Crippen MR) is 81.7 cm³/mol. The fraction of sp³-hybridized carbons (Fsp3) is 0.250. The van der Waals surface area contributed by atoms with Crippen LogP contribution in [0.1, 0.15) is 23.7 Å². The van der Waals surface area contributed by atoms with Crippen LogP contribution in [0.3, 0.4) is 0 Å². The van der Waals surface area contributed by atoms with E-state index >= 15 is 0 Å². The second kappa shape index (κ2) is 5.85. The van der Waals surface area contributed by atoms with Crippen molar-refractivity contribution in [2.45, 2.75) is 19.0 Å². The zero-order valence-electron chi connectivity index (χ0n) is 11.8. The maximum Gasteiger partial charge on any atom is 0.312 e. The van der Waals surface area contributed by atoms with E-state index in [1.165, 1.54) is 0 Å². The highest BCUT2D eigenvalue weighted by atomic mass is 35.5. The second-order valence-electron chi connectivity index (χ2n) is 5.24. The molecule has 0 saturated carbocycles. The fourth-order valence-corrected chi connectivity index (χ4v) is 3.11. The van der Waals surface area contributed by atoms with Crippen LogP contribution in [0, 0.1) is 0 Å². The number of hydrogen-bond donors (Lipinski definition) is 1. The summed E-state index contributed by atoms with van der Waals surface area (Å²) in [4.78, 5) is 24.8. The number of aromatic nitrogens is 1. The van der Waals surface area contributed by atoms with E-state index in [4.69, 9.17) is 16.7 Å². The largest absolute Gasteiger partial charge is 0.481 e. The van der Waals surface area contributed by atoms with Gasteiger partial charge < -0.3 is 14.6 Å². The molecule has 0 aliphatic carbocycles. The lowest BCUT2D eigenvalue weighted by molar-refractivity contribution is -0.145. The van der Waals surface area contributed by atoms with Gasteiger partial charge in [-0.05, 0) is 29.8 Å². The molecule has 6 heteroatoms.